The molecule has 2 aliphatic heterocycles. The number of thiazole rings is 1. The van der Waals surface area contributed by atoms with Gasteiger partial charge in [-0.05, 0) is 18.6 Å². The molecule has 2 unspecified atom stereocenters. The van der Waals surface area contributed by atoms with Gasteiger partial charge in [0.15, 0.2) is 5.13 Å². The fourth-order valence-corrected chi connectivity index (χ4v) is 6.65. The lowest BCUT2D eigenvalue weighted by Crippen LogP contribution is -2.38. The molecule has 8 nitrogen and oxygen atoms in total. The van der Waals surface area contributed by atoms with Crippen LogP contribution in [0.15, 0.2) is 23.7 Å². The summed E-state index contributed by atoms with van der Waals surface area (Å²) in [5.41, 5.74) is 0.969. The van der Waals surface area contributed by atoms with Crippen molar-refractivity contribution in [1.29, 1.82) is 0 Å². The smallest absolute Gasteiger partial charge is 0.407 e. The van der Waals surface area contributed by atoms with Crippen LogP contribution in [-0.2, 0) is 0 Å². The Bertz CT molecular complexity index is 1250. The zero-order valence-electron chi connectivity index (χ0n) is 16.8. The summed E-state index contributed by atoms with van der Waals surface area (Å²) in [7, 11) is 0. The van der Waals surface area contributed by atoms with Gasteiger partial charge in [0.2, 0.25) is 0 Å². The topological polar surface area (TPSA) is 98.7 Å². The Hall–Kier alpha value is -2.11. The maximum absolute atomic E-state index is 12.7. The minimum absolute atomic E-state index is 0.0512. The highest BCUT2D eigenvalue weighted by Crippen LogP contribution is 2.45. The highest BCUT2D eigenvalue weighted by atomic mass is 35.5. The van der Waals surface area contributed by atoms with Gasteiger partial charge in [0.1, 0.15) is 15.8 Å². The number of hydrogen-bond donors (Lipinski definition) is 2. The fourth-order valence-electron chi connectivity index (χ4n) is 4.26. The minimum Gasteiger partial charge on any atom is -0.465 e. The SMILES string of the molecule is O=C(Nc1nc(-c2cc(Cl)cs2)c(N2CC3CCN(C(=O)O)C3C2)s1)c1cnc(Cl)c(Cl)c1. The standard InChI is InChI=1S/C20H16Cl3N5O3S2/c21-11-4-14(32-8-11)15-18(27-6-9-1-2-28(20(30)31)13(9)7-27)33-19(25-15)26-17(29)10-3-12(22)16(23)24-5-10/h3-5,8-9,13H,1-2,6-7H2,(H,30,31)(H,25,26,29). The Balaban J connectivity index is 1.44. The third-order valence-electron chi connectivity index (χ3n) is 5.77. The zero-order valence-corrected chi connectivity index (χ0v) is 20.7. The molecule has 0 aromatic carbocycles. The van der Waals surface area contributed by atoms with E-state index in [1.165, 1.54) is 39.8 Å². The van der Waals surface area contributed by atoms with Gasteiger partial charge in [-0.1, -0.05) is 46.1 Å². The molecule has 5 rings (SSSR count). The van der Waals surface area contributed by atoms with Gasteiger partial charge >= 0.3 is 6.09 Å². The summed E-state index contributed by atoms with van der Waals surface area (Å²) in [5.74, 6) is -0.143. The van der Waals surface area contributed by atoms with E-state index in [1.807, 2.05) is 11.4 Å². The predicted octanol–water partition coefficient (Wildman–Crippen LogP) is 5.67. The van der Waals surface area contributed by atoms with E-state index >= 15 is 0 Å². The van der Waals surface area contributed by atoms with Gasteiger partial charge in [-0.3, -0.25) is 10.1 Å². The van der Waals surface area contributed by atoms with Crippen molar-refractivity contribution in [3.63, 3.8) is 0 Å². The number of rotatable bonds is 4. The summed E-state index contributed by atoms with van der Waals surface area (Å²) in [6, 6.07) is 3.23. The predicted molar refractivity (Wildman–Crippen MR) is 131 cm³/mol. The first kappa shape index (κ1) is 22.7. The first-order valence-corrected chi connectivity index (χ1v) is 12.8. The van der Waals surface area contributed by atoms with E-state index in [2.05, 4.69) is 20.2 Å². The molecule has 2 saturated heterocycles. The van der Waals surface area contributed by atoms with Gasteiger partial charge < -0.3 is 14.9 Å². The first-order valence-electron chi connectivity index (χ1n) is 9.92. The molecule has 172 valence electrons. The molecule has 2 amide bonds. The molecule has 0 saturated carbocycles. The second-order valence-corrected chi connectivity index (χ2v) is 10.8. The van der Waals surface area contributed by atoms with Crippen molar-refractivity contribution < 1.29 is 14.7 Å². The molecule has 0 aliphatic carbocycles. The molecule has 0 radical (unpaired) electrons. The summed E-state index contributed by atoms with van der Waals surface area (Å²) in [5, 5.41) is 16.3. The quantitative estimate of drug-likeness (QED) is 0.411. The molecular weight excluding hydrogens is 529 g/mol. The third kappa shape index (κ3) is 4.38. The zero-order chi connectivity index (χ0) is 23.3. The van der Waals surface area contributed by atoms with Crippen LogP contribution in [0.5, 0.6) is 0 Å². The van der Waals surface area contributed by atoms with Crippen molar-refractivity contribution in [2.45, 2.75) is 12.5 Å². The lowest BCUT2D eigenvalue weighted by Gasteiger charge is -2.22. The van der Waals surface area contributed by atoms with Gasteiger partial charge in [-0.2, -0.15) is 0 Å². The number of likely N-dealkylation sites (tertiary alicyclic amines) is 1. The van der Waals surface area contributed by atoms with Gasteiger partial charge in [0.25, 0.3) is 5.91 Å². The van der Waals surface area contributed by atoms with Crippen molar-refractivity contribution in [3.05, 3.63) is 44.5 Å². The molecule has 5 heterocycles. The van der Waals surface area contributed by atoms with E-state index < -0.39 is 12.0 Å². The number of thiophene rings is 1. The van der Waals surface area contributed by atoms with Crippen LogP contribution in [0.4, 0.5) is 14.9 Å². The van der Waals surface area contributed by atoms with E-state index in [0.717, 1.165) is 22.8 Å². The van der Waals surface area contributed by atoms with Gasteiger partial charge in [-0.25, -0.2) is 14.8 Å². The van der Waals surface area contributed by atoms with Crippen molar-refractivity contribution in [2.75, 3.05) is 29.9 Å². The van der Waals surface area contributed by atoms with Crippen LogP contribution in [0.25, 0.3) is 10.6 Å². The maximum atomic E-state index is 12.7. The summed E-state index contributed by atoms with van der Waals surface area (Å²) in [6.45, 7) is 1.87. The first-order chi connectivity index (χ1) is 15.8. The van der Waals surface area contributed by atoms with Crippen molar-refractivity contribution >= 4 is 79.6 Å². The maximum Gasteiger partial charge on any atom is 0.407 e. The number of carbonyl (C=O) groups excluding carboxylic acids is 1. The third-order valence-corrected chi connectivity index (χ3v) is 8.77. The summed E-state index contributed by atoms with van der Waals surface area (Å²) in [4.78, 5) is 37.5. The van der Waals surface area contributed by atoms with Crippen molar-refractivity contribution in [3.8, 4) is 10.6 Å². The second-order valence-electron chi connectivity index (χ2n) is 7.75. The van der Waals surface area contributed by atoms with Gasteiger partial charge in [-0.15, -0.1) is 11.3 Å². The summed E-state index contributed by atoms with van der Waals surface area (Å²) >= 11 is 20.8. The Kier molecular flexibility index (Phi) is 6.13. The molecule has 2 N–H and O–H groups in total. The number of carbonyl (C=O) groups is 2. The number of nitrogens with zero attached hydrogens (tertiary/aromatic N) is 4. The molecule has 2 aliphatic rings. The Morgan fingerprint density at radius 2 is 2.03 bits per heavy atom. The molecular formula is C20H16Cl3N5O3S2. The van der Waals surface area contributed by atoms with E-state index in [1.54, 1.807) is 0 Å². The van der Waals surface area contributed by atoms with Crippen LogP contribution in [0.3, 0.4) is 0 Å². The van der Waals surface area contributed by atoms with Crippen LogP contribution in [0.2, 0.25) is 15.2 Å². The number of amides is 2. The molecule has 2 fully saturated rings. The number of halogens is 3. The molecule has 3 aromatic rings. The highest BCUT2D eigenvalue weighted by Gasteiger charge is 2.44. The molecule has 0 bridgehead atoms. The van der Waals surface area contributed by atoms with E-state index in [9.17, 15) is 14.7 Å². The van der Waals surface area contributed by atoms with E-state index in [-0.39, 0.29) is 27.7 Å². The monoisotopic (exact) mass is 543 g/mol. The molecule has 2 atom stereocenters. The van der Waals surface area contributed by atoms with Crippen LogP contribution in [-0.4, -0.2) is 57.7 Å². The number of nitrogens with one attached hydrogen (secondary N) is 1. The summed E-state index contributed by atoms with van der Waals surface area (Å²) < 4.78 is 0. The van der Waals surface area contributed by atoms with E-state index in [0.29, 0.717) is 28.9 Å². The molecule has 33 heavy (non-hydrogen) atoms. The normalized spacial score (nSPS) is 19.7. The lowest BCUT2D eigenvalue weighted by atomic mass is 10.1. The number of hydrogen-bond acceptors (Lipinski definition) is 7. The highest BCUT2D eigenvalue weighted by molar-refractivity contribution is 7.21. The number of fused-ring (bicyclic) bond motifs is 1. The van der Waals surface area contributed by atoms with Crippen LogP contribution in [0, 0.1) is 5.92 Å². The molecule has 13 heteroatoms. The van der Waals surface area contributed by atoms with Crippen molar-refractivity contribution in [2.24, 2.45) is 5.92 Å². The average Bonchev–Trinajstić information content (AvgIpc) is 3.52. The van der Waals surface area contributed by atoms with Crippen LogP contribution >= 0.6 is 57.5 Å². The number of anilines is 2. The Morgan fingerprint density at radius 1 is 1.21 bits per heavy atom. The van der Waals surface area contributed by atoms with Crippen LogP contribution < -0.4 is 10.2 Å². The molecule has 0 spiro atoms. The minimum atomic E-state index is -0.887. The van der Waals surface area contributed by atoms with Crippen molar-refractivity contribution in [1.82, 2.24) is 14.9 Å². The molecule has 3 aromatic heterocycles. The summed E-state index contributed by atoms with van der Waals surface area (Å²) in [6.07, 6.45) is 1.29. The second kappa shape index (κ2) is 8.92. The Morgan fingerprint density at radius 3 is 2.73 bits per heavy atom. The number of aromatic nitrogens is 2. The van der Waals surface area contributed by atoms with E-state index in [4.69, 9.17) is 34.8 Å². The van der Waals surface area contributed by atoms with Crippen LogP contribution in [0.1, 0.15) is 16.8 Å². The Labute approximate surface area is 211 Å². The average molecular weight is 545 g/mol. The largest absolute Gasteiger partial charge is 0.465 e. The van der Waals surface area contributed by atoms with Gasteiger partial charge in [0, 0.05) is 37.1 Å². The fraction of sp³-hybridized carbons (Fsp3) is 0.300. The number of pyridine rings is 1. The van der Waals surface area contributed by atoms with Gasteiger partial charge in [0.05, 0.1) is 26.5 Å². The lowest BCUT2D eigenvalue weighted by molar-refractivity contribution is 0.102. The number of carboxylic acid groups (broad SMARTS) is 1.